The van der Waals surface area contributed by atoms with Crippen LogP contribution < -0.4 is 19.4 Å². The molecular weight excluding hydrogens is 432 g/mol. The second kappa shape index (κ2) is 8.50. The van der Waals surface area contributed by atoms with E-state index in [4.69, 9.17) is 14.3 Å². The Hall–Kier alpha value is -3.84. The van der Waals surface area contributed by atoms with Crippen molar-refractivity contribution in [2.45, 2.75) is 26.0 Å². The fourth-order valence-corrected chi connectivity index (χ4v) is 4.82. The van der Waals surface area contributed by atoms with Crippen LogP contribution in [-0.2, 0) is 14.4 Å². The topological polar surface area (TPSA) is 68.3 Å². The number of hydrogen-bond acceptors (Lipinski definition) is 6. The molecular formula is C27H26N2O5. The number of imide groups is 1. The van der Waals surface area contributed by atoms with Gasteiger partial charge >= 0.3 is 0 Å². The third-order valence-electron chi connectivity index (χ3n) is 6.52. The lowest BCUT2D eigenvalue weighted by molar-refractivity contribution is -0.128. The number of anilines is 2. The minimum Gasteiger partial charge on any atom is -0.497 e. The van der Waals surface area contributed by atoms with E-state index < -0.39 is 17.6 Å². The summed E-state index contributed by atoms with van der Waals surface area (Å²) in [7, 11) is 1.61. The molecule has 174 valence electrons. The van der Waals surface area contributed by atoms with E-state index in [1.807, 2.05) is 68.4 Å². The van der Waals surface area contributed by atoms with Gasteiger partial charge in [-0.3, -0.25) is 14.4 Å². The molecule has 2 heterocycles. The van der Waals surface area contributed by atoms with Crippen molar-refractivity contribution in [2.75, 3.05) is 23.7 Å². The van der Waals surface area contributed by atoms with Crippen molar-refractivity contribution in [3.8, 4) is 11.5 Å². The number of carbonyl (C=O) groups is 2. The van der Waals surface area contributed by atoms with Crippen LogP contribution in [0.5, 0.6) is 11.5 Å². The van der Waals surface area contributed by atoms with Gasteiger partial charge in [0.2, 0.25) is 5.91 Å². The standard InChI is InChI=1S/C27H26N2O5/c1-4-33-22-16-12-19(13-17-22)28-25(30)24-27(2,26(28)31)23(18-10-14-21(32-3)15-11-18)29(34-24)20-8-6-5-7-9-20/h5-17,23-24H,4H2,1-3H3/t23-,24+,27-/m0/s1. The summed E-state index contributed by atoms with van der Waals surface area (Å²) >= 11 is 0. The maximum absolute atomic E-state index is 14.0. The summed E-state index contributed by atoms with van der Waals surface area (Å²) in [6.45, 7) is 4.25. The van der Waals surface area contributed by atoms with Crippen LogP contribution in [0.25, 0.3) is 0 Å². The first-order chi connectivity index (χ1) is 16.5. The Morgan fingerprint density at radius 1 is 0.882 bits per heavy atom. The molecule has 5 rings (SSSR count). The van der Waals surface area contributed by atoms with Crippen molar-refractivity contribution in [1.82, 2.24) is 0 Å². The molecule has 3 aromatic rings. The molecule has 0 unspecified atom stereocenters. The van der Waals surface area contributed by atoms with Gasteiger partial charge in [0.15, 0.2) is 6.10 Å². The molecule has 3 atom stereocenters. The van der Waals surface area contributed by atoms with Gasteiger partial charge in [-0.25, -0.2) is 9.96 Å². The summed E-state index contributed by atoms with van der Waals surface area (Å²) in [5.74, 6) is 0.708. The van der Waals surface area contributed by atoms with E-state index in [1.165, 1.54) is 4.90 Å². The molecule has 2 aliphatic rings. The zero-order valence-electron chi connectivity index (χ0n) is 19.3. The van der Waals surface area contributed by atoms with Gasteiger partial charge in [0.25, 0.3) is 5.91 Å². The van der Waals surface area contributed by atoms with E-state index in [0.717, 1.165) is 11.3 Å². The summed E-state index contributed by atoms with van der Waals surface area (Å²) in [6, 6.07) is 23.5. The van der Waals surface area contributed by atoms with E-state index in [0.29, 0.717) is 23.8 Å². The van der Waals surface area contributed by atoms with E-state index in [-0.39, 0.29) is 11.8 Å². The van der Waals surface area contributed by atoms with E-state index in [1.54, 1.807) is 36.4 Å². The Morgan fingerprint density at radius 2 is 1.53 bits per heavy atom. The minimum atomic E-state index is -1.14. The first-order valence-corrected chi connectivity index (χ1v) is 11.2. The number of rotatable bonds is 6. The maximum Gasteiger partial charge on any atom is 0.266 e. The molecule has 7 nitrogen and oxygen atoms in total. The van der Waals surface area contributed by atoms with Gasteiger partial charge in [-0.2, -0.15) is 0 Å². The average Bonchev–Trinajstić information content (AvgIpc) is 3.28. The summed E-state index contributed by atoms with van der Waals surface area (Å²) in [5.41, 5.74) is 0.981. The molecule has 0 N–H and O–H groups in total. The third kappa shape index (κ3) is 3.31. The summed E-state index contributed by atoms with van der Waals surface area (Å²) < 4.78 is 10.8. The molecule has 0 bridgehead atoms. The quantitative estimate of drug-likeness (QED) is 0.506. The van der Waals surface area contributed by atoms with Crippen molar-refractivity contribution in [3.63, 3.8) is 0 Å². The smallest absolute Gasteiger partial charge is 0.266 e. The van der Waals surface area contributed by atoms with Crippen molar-refractivity contribution in [2.24, 2.45) is 5.41 Å². The molecule has 2 fully saturated rings. The van der Waals surface area contributed by atoms with Gasteiger partial charge in [0.05, 0.1) is 31.1 Å². The Kier molecular flexibility index (Phi) is 5.49. The highest BCUT2D eigenvalue weighted by atomic mass is 16.7. The second-order valence-electron chi connectivity index (χ2n) is 8.51. The second-order valence-corrected chi connectivity index (χ2v) is 8.51. The van der Waals surface area contributed by atoms with Gasteiger partial charge in [0.1, 0.15) is 16.9 Å². The lowest BCUT2D eigenvalue weighted by atomic mass is 9.76. The summed E-state index contributed by atoms with van der Waals surface area (Å²) in [4.78, 5) is 35.0. The van der Waals surface area contributed by atoms with Crippen LogP contribution in [0.4, 0.5) is 11.4 Å². The lowest BCUT2D eigenvalue weighted by Gasteiger charge is -2.32. The van der Waals surface area contributed by atoms with Crippen molar-refractivity contribution in [3.05, 3.63) is 84.4 Å². The number of hydroxylamine groups is 1. The molecule has 2 saturated heterocycles. The fraction of sp³-hybridized carbons (Fsp3) is 0.259. The molecule has 0 saturated carbocycles. The average molecular weight is 459 g/mol. The SMILES string of the molecule is CCOc1ccc(N2C(=O)[C@H]3ON(c4ccccc4)[C@@H](c4ccc(OC)cc4)[C@]3(C)C2=O)cc1. The molecule has 2 aliphatic heterocycles. The lowest BCUT2D eigenvalue weighted by Crippen LogP contribution is -2.41. The van der Waals surface area contributed by atoms with Gasteiger partial charge in [-0.05, 0) is 67.9 Å². The van der Waals surface area contributed by atoms with Crippen LogP contribution in [0.2, 0.25) is 0 Å². The Balaban J connectivity index is 1.57. The molecule has 0 spiro atoms. The van der Waals surface area contributed by atoms with Gasteiger partial charge < -0.3 is 9.47 Å². The number of fused-ring (bicyclic) bond motifs is 1. The first kappa shape index (κ1) is 22.0. The highest BCUT2D eigenvalue weighted by molar-refractivity contribution is 6.25. The minimum absolute atomic E-state index is 0.300. The van der Waals surface area contributed by atoms with Gasteiger partial charge in [0, 0.05) is 0 Å². The Labute approximate surface area is 198 Å². The van der Waals surface area contributed by atoms with Crippen LogP contribution in [-0.4, -0.2) is 31.6 Å². The van der Waals surface area contributed by atoms with Crippen molar-refractivity contribution >= 4 is 23.2 Å². The number of para-hydroxylation sites is 1. The number of amides is 2. The molecule has 3 aromatic carbocycles. The van der Waals surface area contributed by atoms with Crippen molar-refractivity contribution < 1.29 is 23.9 Å². The Bertz CT molecular complexity index is 1200. The molecule has 0 aliphatic carbocycles. The molecule has 7 heteroatoms. The van der Waals surface area contributed by atoms with Crippen LogP contribution in [0.3, 0.4) is 0 Å². The van der Waals surface area contributed by atoms with Gasteiger partial charge in [-0.1, -0.05) is 30.3 Å². The molecule has 0 aromatic heterocycles. The van der Waals surface area contributed by atoms with Crippen LogP contribution in [0, 0.1) is 5.41 Å². The molecule has 0 radical (unpaired) electrons. The van der Waals surface area contributed by atoms with Crippen LogP contribution in [0.15, 0.2) is 78.9 Å². The molecule has 34 heavy (non-hydrogen) atoms. The number of carbonyl (C=O) groups excluding carboxylic acids is 2. The number of nitrogens with zero attached hydrogens (tertiary/aromatic N) is 2. The monoisotopic (exact) mass is 458 g/mol. The van der Waals surface area contributed by atoms with Crippen LogP contribution >= 0.6 is 0 Å². The normalized spacial score (nSPS) is 23.9. The zero-order valence-corrected chi connectivity index (χ0v) is 19.3. The number of methoxy groups -OCH3 is 1. The first-order valence-electron chi connectivity index (χ1n) is 11.2. The zero-order chi connectivity index (χ0) is 23.9. The van der Waals surface area contributed by atoms with Crippen molar-refractivity contribution in [1.29, 1.82) is 0 Å². The Morgan fingerprint density at radius 3 is 2.15 bits per heavy atom. The highest BCUT2D eigenvalue weighted by Crippen LogP contribution is 2.55. The third-order valence-corrected chi connectivity index (χ3v) is 6.52. The summed E-state index contributed by atoms with van der Waals surface area (Å²) in [6.07, 6.45) is -0.959. The number of benzene rings is 3. The van der Waals surface area contributed by atoms with Gasteiger partial charge in [-0.15, -0.1) is 0 Å². The van der Waals surface area contributed by atoms with E-state index in [2.05, 4.69) is 0 Å². The van der Waals surface area contributed by atoms with Crippen LogP contribution in [0.1, 0.15) is 25.5 Å². The van der Waals surface area contributed by atoms with E-state index in [9.17, 15) is 9.59 Å². The number of hydrogen-bond donors (Lipinski definition) is 0. The predicted molar refractivity (Wildman–Crippen MR) is 128 cm³/mol. The number of ether oxygens (including phenoxy) is 2. The maximum atomic E-state index is 14.0. The fourth-order valence-electron chi connectivity index (χ4n) is 4.82. The highest BCUT2D eigenvalue weighted by Gasteiger charge is 2.68. The van der Waals surface area contributed by atoms with E-state index >= 15 is 0 Å². The predicted octanol–water partition coefficient (Wildman–Crippen LogP) is 4.54. The molecule has 2 amide bonds. The summed E-state index contributed by atoms with van der Waals surface area (Å²) in [5, 5.41) is 1.69. The largest absolute Gasteiger partial charge is 0.497 e.